The van der Waals surface area contributed by atoms with E-state index in [1.165, 1.54) is 6.07 Å². The minimum Gasteiger partial charge on any atom is -0.314 e. The Balaban J connectivity index is 0.00000180. The second-order valence-electron chi connectivity index (χ2n) is 4.55. The summed E-state index contributed by atoms with van der Waals surface area (Å²) in [5.41, 5.74) is 0.825. The van der Waals surface area contributed by atoms with Gasteiger partial charge in [-0.1, -0.05) is 11.6 Å². The Morgan fingerprint density at radius 2 is 2.32 bits per heavy atom. The summed E-state index contributed by atoms with van der Waals surface area (Å²) in [5.74, 6) is 0. The molecule has 1 aliphatic rings. The first kappa shape index (κ1) is 16.2. The second-order valence-corrected chi connectivity index (χ2v) is 4.99. The van der Waals surface area contributed by atoms with E-state index in [0.29, 0.717) is 23.2 Å². The number of rotatable bonds is 3. The lowest BCUT2D eigenvalue weighted by molar-refractivity contribution is -0.385. The zero-order chi connectivity index (χ0) is 13.1. The normalized spacial score (nSPS) is 19.8. The number of hydrogen-bond donors (Lipinski definition) is 1. The van der Waals surface area contributed by atoms with Gasteiger partial charge < -0.3 is 5.32 Å². The van der Waals surface area contributed by atoms with Gasteiger partial charge in [-0.15, -0.1) is 12.4 Å². The van der Waals surface area contributed by atoms with Gasteiger partial charge in [0.05, 0.1) is 4.92 Å². The van der Waals surface area contributed by atoms with Crippen LogP contribution in [0.4, 0.5) is 5.69 Å². The molecule has 5 nitrogen and oxygen atoms in total. The first-order chi connectivity index (χ1) is 8.58. The first-order valence-electron chi connectivity index (χ1n) is 5.95. The SMILES string of the molecule is C[C@H]1CNCCN1Cc1cc(Cl)ccc1[N+](=O)[O-].Cl. The molecule has 1 heterocycles. The molecule has 0 amide bonds. The Bertz CT molecular complexity index is 457. The maximum Gasteiger partial charge on any atom is 0.273 e. The molecule has 2 rings (SSSR count). The summed E-state index contributed by atoms with van der Waals surface area (Å²) in [6.07, 6.45) is 0. The van der Waals surface area contributed by atoms with E-state index in [4.69, 9.17) is 11.6 Å². The molecule has 0 spiro atoms. The van der Waals surface area contributed by atoms with Crippen LogP contribution in [0.5, 0.6) is 0 Å². The van der Waals surface area contributed by atoms with E-state index in [9.17, 15) is 10.1 Å². The molecule has 1 atom stereocenters. The number of benzene rings is 1. The van der Waals surface area contributed by atoms with Crippen LogP contribution in [0.3, 0.4) is 0 Å². The molecule has 7 heteroatoms. The van der Waals surface area contributed by atoms with Gasteiger partial charge in [-0.25, -0.2) is 0 Å². The molecule has 0 unspecified atom stereocenters. The first-order valence-corrected chi connectivity index (χ1v) is 6.33. The molecule has 1 aromatic carbocycles. The van der Waals surface area contributed by atoms with Crippen molar-refractivity contribution in [2.75, 3.05) is 19.6 Å². The lowest BCUT2D eigenvalue weighted by Crippen LogP contribution is -2.49. The molecule has 106 valence electrons. The molecular weight excluding hydrogens is 289 g/mol. The van der Waals surface area contributed by atoms with Gasteiger partial charge in [-0.05, 0) is 19.1 Å². The molecule has 0 saturated carbocycles. The van der Waals surface area contributed by atoms with Crippen LogP contribution in [0.1, 0.15) is 12.5 Å². The van der Waals surface area contributed by atoms with Crippen LogP contribution in [-0.4, -0.2) is 35.5 Å². The van der Waals surface area contributed by atoms with Crippen molar-refractivity contribution >= 4 is 29.7 Å². The Labute approximate surface area is 123 Å². The highest BCUT2D eigenvalue weighted by Crippen LogP contribution is 2.24. The van der Waals surface area contributed by atoms with Crippen molar-refractivity contribution in [3.63, 3.8) is 0 Å². The van der Waals surface area contributed by atoms with E-state index in [0.717, 1.165) is 19.6 Å². The number of nitrogens with zero attached hydrogens (tertiary/aromatic N) is 2. The smallest absolute Gasteiger partial charge is 0.273 e. The third kappa shape index (κ3) is 4.04. The van der Waals surface area contributed by atoms with Crippen LogP contribution < -0.4 is 5.32 Å². The second kappa shape index (κ2) is 7.05. The molecule has 1 aliphatic heterocycles. The number of hydrogen-bond acceptors (Lipinski definition) is 4. The lowest BCUT2D eigenvalue weighted by atomic mass is 10.1. The maximum absolute atomic E-state index is 11.0. The van der Waals surface area contributed by atoms with Crippen molar-refractivity contribution in [1.82, 2.24) is 10.2 Å². The summed E-state index contributed by atoms with van der Waals surface area (Å²) in [6, 6.07) is 5.10. The van der Waals surface area contributed by atoms with Crippen LogP contribution in [0.25, 0.3) is 0 Å². The number of halogens is 2. The zero-order valence-corrected chi connectivity index (χ0v) is 12.2. The number of piperazine rings is 1. The van der Waals surface area contributed by atoms with E-state index >= 15 is 0 Å². The molecule has 0 aliphatic carbocycles. The van der Waals surface area contributed by atoms with Crippen LogP contribution in [0.2, 0.25) is 5.02 Å². The van der Waals surface area contributed by atoms with Gasteiger partial charge in [0, 0.05) is 48.9 Å². The molecule has 1 fully saturated rings. The highest BCUT2D eigenvalue weighted by atomic mass is 35.5. The van der Waals surface area contributed by atoms with E-state index in [1.807, 2.05) is 0 Å². The third-order valence-corrected chi connectivity index (χ3v) is 3.49. The van der Waals surface area contributed by atoms with Gasteiger partial charge in [0.2, 0.25) is 0 Å². The molecule has 0 bridgehead atoms. The lowest BCUT2D eigenvalue weighted by Gasteiger charge is -2.33. The molecule has 1 aromatic rings. The summed E-state index contributed by atoms with van der Waals surface area (Å²) >= 11 is 5.92. The molecular formula is C12H17Cl2N3O2. The van der Waals surface area contributed by atoms with Crippen molar-refractivity contribution in [2.45, 2.75) is 19.5 Å². The Hall–Kier alpha value is -0.880. The highest BCUT2D eigenvalue weighted by Gasteiger charge is 2.22. The van der Waals surface area contributed by atoms with E-state index < -0.39 is 0 Å². The van der Waals surface area contributed by atoms with Gasteiger partial charge in [0.15, 0.2) is 0 Å². The molecule has 19 heavy (non-hydrogen) atoms. The van der Waals surface area contributed by atoms with Gasteiger partial charge in [0.1, 0.15) is 0 Å². The fraction of sp³-hybridized carbons (Fsp3) is 0.500. The van der Waals surface area contributed by atoms with Crippen molar-refractivity contribution in [2.24, 2.45) is 0 Å². The predicted octanol–water partition coefficient (Wildman–Crippen LogP) is 2.46. The summed E-state index contributed by atoms with van der Waals surface area (Å²) in [4.78, 5) is 12.9. The van der Waals surface area contributed by atoms with Gasteiger partial charge in [-0.3, -0.25) is 15.0 Å². The van der Waals surface area contributed by atoms with Crippen LogP contribution in [0.15, 0.2) is 18.2 Å². The fourth-order valence-electron chi connectivity index (χ4n) is 2.20. The number of nitro groups is 1. The largest absolute Gasteiger partial charge is 0.314 e. The van der Waals surface area contributed by atoms with Crippen molar-refractivity contribution in [3.05, 3.63) is 38.9 Å². The van der Waals surface area contributed by atoms with Crippen molar-refractivity contribution in [1.29, 1.82) is 0 Å². The topological polar surface area (TPSA) is 58.4 Å². The summed E-state index contributed by atoms with van der Waals surface area (Å²) in [7, 11) is 0. The Morgan fingerprint density at radius 3 is 2.95 bits per heavy atom. The number of nitrogens with one attached hydrogen (secondary N) is 1. The molecule has 0 radical (unpaired) electrons. The zero-order valence-electron chi connectivity index (χ0n) is 10.6. The van der Waals surface area contributed by atoms with Gasteiger partial charge >= 0.3 is 0 Å². The molecule has 1 saturated heterocycles. The average Bonchev–Trinajstić information content (AvgIpc) is 2.32. The quantitative estimate of drug-likeness (QED) is 0.688. The highest BCUT2D eigenvalue weighted by molar-refractivity contribution is 6.30. The maximum atomic E-state index is 11.0. The monoisotopic (exact) mass is 305 g/mol. The Kier molecular flexibility index (Phi) is 6.00. The van der Waals surface area contributed by atoms with Gasteiger partial charge in [-0.2, -0.15) is 0 Å². The van der Waals surface area contributed by atoms with Crippen molar-refractivity contribution < 1.29 is 4.92 Å². The van der Waals surface area contributed by atoms with Crippen molar-refractivity contribution in [3.8, 4) is 0 Å². The Morgan fingerprint density at radius 1 is 1.58 bits per heavy atom. The van der Waals surface area contributed by atoms with E-state index in [2.05, 4.69) is 17.1 Å². The predicted molar refractivity (Wildman–Crippen MR) is 78.1 cm³/mol. The summed E-state index contributed by atoms with van der Waals surface area (Å²) in [6.45, 7) is 5.40. The third-order valence-electron chi connectivity index (χ3n) is 3.25. The van der Waals surface area contributed by atoms with Crippen LogP contribution in [-0.2, 0) is 6.54 Å². The van der Waals surface area contributed by atoms with E-state index in [1.54, 1.807) is 12.1 Å². The standard InChI is InChI=1S/C12H16ClN3O2.ClH/c1-9-7-14-4-5-15(9)8-10-6-11(13)2-3-12(10)16(17)18;/h2-3,6,9,14H,4-5,7-8H2,1H3;1H/t9-;/m0./s1. The summed E-state index contributed by atoms with van der Waals surface area (Å²) in [5, 5.41) is 14.8. The number of nitro benzene ring substituents is 1. The van der Waals surface area contributed by atoms with E-state index in [-0.39, 0.29) is 23.0 Å². The molecule has 1 N–H and O–H groups in total. The molecule has 0 aromatic heterocycles. The van der Waals surface area contributed by atoms with Crippen LogP contribution >= 0.6 is 24.0 Å². The fourth-order valence-corrected chi connectivity index (χ4v) is 2.39. The minimum atomic E-state index is -0.349. The van der Waals surface area contributed by atoms with Gasteiger partial charge in [0.25, 0.3) is 5.69 Å². The average molecular weight is 306 g/mol. The minimum absolute atomic E-state index is 0. The van der Waals surface area contributed by atoms with Crippen LogP contribution in [0, 0.1) is 10.1 Å². The summed E-state index contributed by atoms with van der Waals surface area (Å²) < 4.78 is 0.